The molecule has 12 heteroatoms. The summed E-state index contributed by atoms with van der Waals surface area (Å²) in [5.41, 5.74) is -6.76. The summed E-state index contributed by atoms with van der Waals surface area (Å²) in [6, 6.07) is 2.17. The zero-order valence-electron chi connectivity index (χ0n) is 13.6. The van der Waals surface area contributed by atoms with Crippen LogP contribution in [0.1, 0.15) is 5.56 Å². The molecule has 3 rings (SSSR count). The maximum Gasteiger partial charge on any atom is 0.441 e. The molecule has 1 N–H and O–H groups in total. The summed E-state index contributed by atoms with van der Waals surface area (Å²) >= 11 is 0. The van der Waals surface area contributed by atoms with Crippen LogP contribution in [0.2, 0.25) is 0 Å². The van der Waals surface area contributed by atoms with Crippen molar-refractivity contribution in [3.05, 3.63) is 63.9 Å². The van der Waals surface area contributed by atoms with Crippen LogP contribution in [0.5, 0.6) is 5.75 Å². The van der Waals surface area contributed by atoms with Crippen molar-refractivity contribution >= 4 is 11.3 Å². The van der Waals surface area contributed by atoms with Gasteiger partial charge in [-0.15, -0.1) is 0 Å². The van der Waals surface area contributed by atoms with Gasteiger partial charge in [-0.1, -0.05) is 12.2 Å². The van der Waals surface area contributed by atoms with E-state index in [1.807, 2.05) is 0 Å². The van der Waals surface area contributed by atoms with Gasteiger partial charge in [-0.2, -0.15) is 26.3 Å². The topological polar surface area (TPSA) is 75.8 Å². The highest BCUT2D eigenvalue weighted by molar-refractivity contribution is 5.85. The molecular weight excluding hydrogens is 398 g/mol. The number of nitro groups is 1. The highest BCUT2D eigenvalue weighted by atomic mass is 19.4. The number of hydrogen-bond donors (Lipinski definition) is 1. The van der Waals surface area contributed by atoms with E-state index < -0.39 is 45.6 Å². The summed E-state index contributed by atoms with van der Waals surface area (Å²) in [6.45, 7) is -0.209. The first kappa shape index (κ1) is 19.7. The summed E-state index contributed by atoms with van der Waals surface area (Å²) in [4.78, 5) is 10.1. The molecule has 0 atom stereocenters. The Labute approximate surface area is 152 Å². The predicted molar refractivity (Wildman–Crippen MR) is 82.3 cm³/mol. The Kier molecular flexibility index (Phi) is 4.41. The number of non-ortho nitro benzene ring substituents is 1. The molecule has 2 aliphatic heterocycles. The van der Waals surface area contributed by atoms with Crippen LogP contribution in [-0.2, 0) is 0 Å². The number of allylic oxidation sites excluding steroid dienone is 3. The Morgan fingerprint density at radius 3 is 2.36 bits per heavy atom. The van der Waals surface area contributed by atoms with Gasteiger partial charge in [0.2, 0.25) is 0 Å². The number of fused-ring (bicyclic) bond motifs is 1. The number of halogens is 6. The summed E-state index contributed by atoms with van der Waals surface area (Å²) in [5, 5.41) is 21.3. The van der Waals surface area contributed by atoms with E-state index in [1.54, 1.807) is 0 Å². The third kappa shape index (κ3) is 2.99. The smallest absolute Gasteiger partial charge is 0.441 e. The van der Waals surface area contributed by atoms with Gasteiger partial charge in [-0.05, 0) is 18.2 Å². The predicted octanol–water partition coefficient (Wildman–Crippen LogP) is 4.38. The quantitative estimate of drug-likeness (QED) is 0.447. The van der Waals surface area contributed by atoms with Gasteiger partial charge in [0.05, 0.1) is 17.2 Å². The fourth-order valence-corrected chi connectivity index (χ4v) is 2.80. The van der Waals surface area contributed by atoms with Gasteiger partial charge in [-0.25, -0.2) is 0 Å². The van der Waals surface area contributed by atoms with Gasteiger partial charge in [0, 0.05) is 23.3 Å². The molecular formula is C16H10F6N2O4. The SMILES string of the molecule is O=[N+]([O-])c1ccc2c(c1)C(C1=CC=CCN1O)=CC(C(F)(F)F)(C(F)(F)F)O2. The van der Waals surface area contributed by atoms with Crippen LogP contribution in [0.15, 0.2) is 48.2 Å². The first-order valence-corrected chi connectivity index (χ1v) is 7.55. The number of nitro benzene ring substituents is 1. The lowest BCUT2D eigenvalue weighted by molar-refractivity contribution is -0.385. The number of nitrogens with zero attached hydrogens (tertiary/aromatic N) is 2. The Bertz CT molecular complexity index is 903. The molecule has 0 amide bonds. The molecule has 0 saturated heterocycles. The molecule has 0 radical (unpaired) electrons. The summed E-state index contributed by atoms with van der Waals surface area (Å²) in [5.74, 6) is -0.860. The molecule has 0 unspecified atom stereocenters. The van der Waals surface area contributed by atoms with Crippen molar-refractivity contribution < 1.29 is 41.2 Å². The van der Waals surface area contributed by atoms with E-state index in [1.165, 1.54) is 12.2 Å². The van der Waals surface area contributed by atoms with E-state index in [2.05, 4.69) is 4.74 Å². The lowest BCUT2D eigenvalue weighted by Crippen LogP contribution is -2.60. The molecule has 1 aromatic carbocycles. The van der Waals surface area contributed by atoms with Crippen LogP contribution in [-0.4, -0.2) is 39.7 Å². The minimum Gasteiger partial charge on any atom is -0.464 e. The Balaban J connectivity index is 2.34. The second-order valence-corrected chi connectivity index (χ2v) is 5.89. The minimum atomic E-state index is -5.90. The molecule has 2 heterocycles. The van der Waals surface area contributed by atoms with Crippen molar-refractivity contribution in [3.8, 4) is 5.75 Å². The Morgan fingerprint density at radius 1 is 1.18 bits per heavy atom. The Morgan fingerprint density at radius 2 is 1.82 bits per heavy atom. The van der Waals surface area contributed by atoms with Crippen LogP contribution in [0.3, 0.4) is 0 Å². The third-order valence-electron chi connectivity index (χ3n) is 4.15. The van der Waals surface area contributed by atoms with E-state index >= 15 is 0 Å². The van der Waals surface area contributed by atoms with Crippen LogP contribution in [0.25, 0.3) is 5.57 Å². The van der Waals surface area contributed by atoms with Gasteiger partial charge in [-0.3, -0.25) is 20.4 Å². The highest BCUT2D eigenvalue weighted by Gasteiger charge is 2.73. The van der Waals surface area contributed by atoms with Gasteiger partial charge in [0.1, 0.15) is 5.75 Å². The number of ether oxygens (including phenoxy) is 1. The molecule has 0 saturated carbocycles. The number of rotatable bonds is 2. The molecule has 2 aliphatic rings. The second kappa shape index (κ2) is 6.26. The fraction of sp³-hybridized carbons (Fsp3) is 0.250. The highest BCUT2D eigenvalue weighted by Crippen LogP contribution is 2.53. The van der Waals surface area contributed by atoms with Gasteiger partial charge >= 0.3 is 18.0 Å². The van der Waals surface area contributed by atoms with Crippen molar-refractivity contribution in [2.45, 2.75) is 18.0 Å². The Hall–Kier alpha value is -3.02. The van der Waals surface area contributed by atoms with E-state index in [9.17, 15) is 41.7 Å². The lowest BCUT2D eigenvalue weighted by atomic mass is 9.88. The normalized spacial score (nSPS) is 18.8. The third-order valence-corrected chi connectivity index (χ3v) is 4.15. The number of hydroxylamine groups is 2. The molecule has 0 aromatic heterocycles. The van der Waals surface area contributed by atoms with Gasteiger partial charge < -0.3 is 4.74 Å². The zero-order valence-corrected chi connectivity index (χ0v) is 13.6. The molecule has 1 aromatic rings. The molecule has 0 bridgehead atoms. The maximum absolute atomic E-state index is 13.5. The average molecular weight is 408 g/mol. The number of benzene rings is 1. The van der Waals surface area contributed by atoms with Crippen LogP contribution in [0.4, 0.5) is 32.0 Å². The lowest BCUT2D eigenvalue weighted by Gasteiger charge is -2.40. The van der Waals surface area contributed by atoms with Gasteiger partial charge in [0.15, 0.2) is 0 Å². The van der Waals surface area contributed by atoms with E-state index in [0.717, 1.165) is 18.2 Å². The van der Waals surface area contributed by atoms with Crippen molar-refractivity contribution in [2.24, 2.45) is 0 Å². The van der Waals surface area contributed by atoms with Crippen molar-refractivity contribution in [2.75, 3.05) is 6.54 Å². The summed E-state index contributed by atoms with van der Waals surface area (Å²) in [7, 11) is 0. The van der Waals surface area contributed by atoms with E-state index in [0.29, 0.717) is 11.1 Å². The summed E-state index contributed by atoms with van der Waals surface area (Å²) in [6.07, 6.45) is -8.21. The number of hydrogen-bond acceptors (Lipinski definition) is 5. The second-order valence-electron chi connectivity index (χ2n) is 5.89. The van der Waals surface area contributed by atoms with Crippen molar-refractivity contribution in [1.29, 1.82) is 0 Å². The fourth-order valence-electron chi connectivity index (χ4n) is 2.80. The molecule has 6 nitrogen and oxygen atoms in total. The minimum absolute atomic E-state index is 0.209. The van der Waals surface area contributed by atoms with E-state index in [4.69, 9.17) is 0 Å². The van der Waals surface area contributed by atoms with Crippen LogP contribution < -0.4 is 4.74 Å². The largest absolute Gasteiger partial charge is 0.464 e. The zero-order chi connectivity index (χ0) is 20.9. The van der Waals surface area contributed by atoms with E-state index in [-0.39, 0.29) is 18.2 Å². The standard InChI is InChI=1S/C16H10F6N2O4/c17-15(18,19)14(16(20,21)22)8-11(12-3-1-2-6-23(12)25)10-7-9(24(26)27)4-5-13(10)28-14/h1-5,7-8,25H,6H2. The maximum atomic E-state index is 13.5. The molecule has 0 spiro atoms. The van der Waals surface area contributed by atoms with Crippen molar-refractivity contribution in [3.63, 3.8) is 0 Å². The van der Waals surface area contributed by atoms with Crippen LogP contribution in [0, 0.1) is 10.1 Å². The molecule has 28 heavy (non-hydrogen) atoms. The number of alkyl halides is 6. The first-order chi connectivity index (χ1) is 12.9. The first-order valence-electron chi connectivity index (χ1n) is 7.55. The molecule has 0 fully saturated rings. The molecule has 0 aliphatic carbocycles. The van der Waals surface area contributed by atoms with Crippen LogP contribution >= 0.6 is 0 Å². The average Bonchev–Trinajstić information content (AvgIpc) is 2.58. The molecule has 150 valence electrons. The van der Waals surface area contributed by atoms with Gasteiger partial charge in [0.25, 0.3) is 5.69 Å². The monoisotopic (exact) mass is 408 g/mol. The van der Waals surface area contributed by atoms with Crippen molar-refractivity contribution in [1.82, 2.24) is 5.06 Å². The summed E-state index contributed by atoms with van der Waals surface area (Å²) < 4.78 is 85.5.